The van der Waals surface area contributed by atoms with E-state index in [2.05, 4.69) is 51.2 Å². The smallest absolute Gasteiger partial charge is 0.224 e. The van der Waals surface area contributed by atoms with Crippen molar-refractivity contribution in [2.45, 2.75) is 71.3 Å². The quantitative estimate of drug-likeness (QED) is 0.809. The third kappa shape index (κ3) is 5.22. The highest BCUT2D eigenvalue weighted by molar-refractivity contribution is 5.91. The molecule has 1 aliphatic rings. The minimum absolute atomic E-state index is 0. The second kappa shape index (κ2) is 8.70. The number of amides is 1. The van der Waals surface area contributed by atoms with Gasteiger partial charge in [-0.3, -0.25) is 4.79 Å². The first kappa shape index (κ1) is 20.0. The van der Waals surface area contributed by atoms with E-state index >= 15 is 0 Å². The number of anilines is 1. The zero-order valence-electron chi connectivity index (χ0n) is 14.8. The highest BCUT2D eigenvalue weighted by Gasteiger charge is 2.26. The van der Waals surface area contributed by atoms with E-state index in [4.69, 9.17) is 5.73 Å². The van der Waals surface area contributed by atoms with Gasteiger partial charge >= 0.3 is 0 Å². The molecule has 0 aliphatic heterocycles. The molecule has 1 aromatic carbocycles. The van der Waals surface area contributed by atoms with Crippen LogP contribution in [0.4, 0.5) is 5.69 Å². The zero-order valence-corrected chi connectivity index (χ0v) is 15.6. The molecule has 4 heteroatoms. The summed E-state index contributed by atoms with van der Waals surface area (Å²) in [4.78, 5) is 12.3. The molecule has 0 unspecified atom stereocenters. The van der Waals surface area contributed by atoms with Crippen LogP contribution >= 0.6 is 12.4 Å². The number of nitrogens with two attached hydrogens (primary N) is 1. The molecule has 0 spiro atoms. The van der Waals surface area contributed by atoms with Crippen LogP contribution in [0.3, 0.4) is 0 Å². The van der Waals surface area contributed by atoms with Crippen molar-refractivity contribution in [3.63, 3.8) is 0 Å². The van der Waals surface area contributed by atoms with Crippen LogP contribution in [0.5, 0.6) is 0 Å². The molecule has 0 bridgehead atoms. The number of benzene rings is 1. The van der Waals surface area contributed by atoms with Gasteiger partial charge in [0, 0.05) is 18.2 Å². The minimum Gasteiger partial charge on any atom is -0.327 e. The van der Waals surface area contributed by atoms with Gasteiger partial charge < -0.3 is 11.1 Å². The molecule has 3 nitrogen and oxygen atoms in total. The Labute approximate surface area is 146 Å². The summed E-state index contributed by atoms with van der Waals surface area (Å²) < 4.78 is 0. The summed E-state index contributed by atoms with van der Waals surface area (Å²) in [6.45, 7) is 8.72. The number of carbonyl (C=O) groups excluding carboxylic acids is 1. The van der Waals surface area contributed by atoms with Crippen LogP contribution in [0.1, 0.15) is 76.3 Å². The molecule has 1 saturated carbocycles. The standard InChI is InChI=1S/C19H30N2O.ClH/c1-12(2)14-8-9-18(16(10-14)13(3)4)21-19(22)11-15-6-5-7-17(15)20;/h8-10,12-13,15,17H,5-7,11,20H2,1-4H3,(H,21,22);1H/t15-,17+;/m0./s1. The summed E-state index contributed by atoms with van der Waals surface area (Å²) in [5, 5.41) is 3.11. The van der Waals surface area contributed by atoms with Gasteiger partial charge in [0.15, 0.2) is 0 Å². The van der Waals surface area contributed by atoms with E-state index in [9.17, 15) is 4.79 Å². The van der Waals surface area contributed by atoms with Crippen molar-refractivity contribution in [1.82, 2.24) is 0 Å². The summed E-state index contributed by atoms with van der Waals surface area (Å²) >= 11 is 0. The maximum Gasteiger partial charge on any atom is 0.224 e. The Kier molecular flexibility index (Phi) is 7.56. The van der Waals surface area contributed by atoms with Crippen molar-refractivity contribution in [3.05, 3.63) is 29.3 Å². The monoisotopic (exact) mass is 338 g/mol. The number of carbonyl (C=O) groups is 1. The van der Waals surface area contributed by atoms with Crippen LogP contribution in [0.2, 0.25) is 0 Å². The van der Waals surface area contributed by atoms with E-state index in [0.29, 0.717) is 24.2 Å². The second-order valence-electron chi connectivity index (χ2n) is 7.26. The Morgan fingerprint density at radius 3 is 2.43 bits per heavy atom. The van der Waals surface area contributed by atoms with Gasteiger partial charge in [-0.2, -0.15) is 0 Å². The topological polar surface area (TPSA) is 55.1 Å². The Bertz CT molecular complexity index is 528. The Hall–Kier alpha value is -1.06. The summed E-state index contributed by atoms with van der Waals surface area (Å²) in [6.07, 6.45) is 3.83. The first-order valence-electron chi connectivity index (χ1n) is 8.57. The van der Waals surface area contributed by atoms with E-state index in [-0.39, 0.29) is 24.4 Å². The predicted octanol–water partition coefficient (Wildman–Crippen LogP) is 4.81. The highest BCUT2D eigenvalue weighted by Crippen LogP contribution is 2.30. The fourth-order valence-electron chi connectivity index (χ4n) is 3.29. The molecule has 0 saturated heterocycles. The Morgan fingerprint density at radius 1 is 1.22 bits per heavy atom. The van der Waals surface area contributed by atoms with E-state index in [0.717, 1.165) is 24.9 Å². The largest absolute Gasteiger partial charge is 0.327 e. The van der Waals surface area contributed by atoms with E-state index < -0.39 is 0 Å². The Morgan fingerprint density at radius 2 is 1.91 bits per heavy atom. The first-order chi connectivity index (χ1) is 10.4. The summed E-state index contributed by atoms with van der Waals surface area (Å²) in [5.41, 5.74) is 9.56. The summed E-state index contributed by atoms with van der Waals surface area (Å²) in [6, 6.07) is 6.59. The van der Waals surface area contributed by atoms with Crippen LogP contribution in [0.25, 0.3) is 0 Å². The molecule has 23 heavy (non-hydrogen) atoms. The van der Waals surface area contributed by atoms with Crippen molar-refractivity contribution in [1.29, 1.82) is 0 Å². The normalized spacial score (nSPS) is 20.7. The van der Waals surface area contributed by atoms with Crippen LogP contribution in [-0.2, 0) is 4.79 Å². The summed E-state index contributed by atoms with van der Waals surface area (Å²) in [7, 11) is 0. The van der Waals surface area contributed by atoms with Crippen molar-refractivity contribution in [2.24, 2.45) is 11.7 Å². The second-order valence-corrected chi connectivity index (χ2v) is 7.26. The molecule has 2 rings (SSSR count). The van der Waals surface area contributed by atoms with Gasteiger partial charge in [0.05, 0.1) is 0 Å². The number of rotatable bonds is 5. The average molecular weight is 339 g/mol. The van der Waals surface area contributed by atoms with E-state index in [1.807, 2.05) is 0 Å². The fourth-order valence-corrected chi connectivity index (χ4v) is 3.29. The van der Waals surface area contributed by atoms with Crippen molar-refractivity contribution in [2.75, 3.05) is 5.32 Å². The highest BCUT2D eigenvalue weighted by atomic mass is 35.5. The number of nitrogens with one attached hydrogen (secondary N) is 1. The van der Waals surface area contributed by atoms with E-state index in [1.165, 1.54) is 11.1 Å². The third-order valence-electron chi connectivity index (χ3n) is 4.80. The predicted molar refractivity (Wildman–Crippen MR) is 100 cm³/mol. The van der Waals surface area contributed by atoms with Gasteiger partial charge in [-0.15, -0.1) is 12.4 Å². The van der Waals surface area contributed by atoms with Gasteiger partial charge in [-0.1, -0.05) is 46.2 Å². The van der Waals surface area contributed by atoms with Crippen molar-refractivity contribution < 1.29 is 4.79 Å². The Balaban J connectivity index is 0.00000264. The summed E-state index contributed by atoms with van der Waals surface area (Å²) in [5.74, 6) is 1.33. The molecule has 2 atom stereocenters. The molecule has 1 amide bonds. The van der Waals surface area contributed by atoms with Gasteiger partial charge in [-0.05, 0) is 47.8 Å². The lowest BCUT2D eigenvalue weighted by Crippen LogP contribution is -2.28. The molecule has 0 heterocycles. The average Bonchev–Trinajstić information content (AvgIpc) is 2.84. The van der Waals surface area contributed by atoms with Crippen molar-refractivity contribution >= 4 is 24.0 Å². The molecular weight excluding hydrogens is 308 g/mol. The fraction of sp³-hybridized carbons (Fsp3) is 0.632. The molecule has 130 valence electrons. The number of hydrogen-bond acceptors (Lipinski definition) is 2. The van der Waals surface area contributed by atoms with Gasteiger partial charge in [0.25, 0.3) is 0 Å². The maximum absolute atomic E-state index is 12.3. The lowest BCUT2D eigenvalue weighted by atomic mass is 9.94. The first-order valence-corrected chi connectivity index (χ1v) is 8.57. The molecule has 1 fully saturated rings. The molecule has 3 N–H and O–H groups in total. The van der Waals surface area contributed by atoms with Crippen molar-refractivity contribution in [3.8, 4) is 0 Å². The van der Waals surface area contributed by atoms with Gasteiger partial charge in [0.1, 0.15) is 0 Å². The van der Waals surface area contributed by atoms with E-state index in [1.54, 1.807) is 0 Å². The number of hydrogen-bond donors (Lipinski definition) is 2. The molecule has 1 aliphatic carbocycles. The van der Waals surface area contributed by atoms with Crippen LogP contribution in [0, 0.1) is 5.92 Å². The molecule has 0 aromatic heterocycles. The lowest BCUT2D eigenvalue weighted by molar-refractivity contribution is -0.117. The minimum atomic E-state index is 0. The van der Waals surface area contributed by atoms with Gasteiger partial charge in [-0.25, -0.2) is 0 Å². The molecular formula is C19H31ClN2O. The SMILES string of the molecule is CC(C)c1ccc(NC(=O)C[C@@H]2CCC[C@H]2N)c(C(C)C)c1.Cl. The molecule has 1 aromatic rings. The maximum atomic E-state index is 12.3. The molecule has 0 radical (unpaired) electrons. The lowest BCUT2D eigenvalue weighted by Gasteiger charge is -2.19. The van der Waals surface area contributed by atoms with Gasteiger partial charge in [0.2, 0.25) is 5.91 Å². The van der Waals surface area contributed by atoms with Crippen LogP contribution in [-0.4, -0.2) is 11.9 Å². The number of halogens is 1. The third-order valence-corrected chi connectivity index (χ3v) is 4.80. The zero-order chi connectivity index (χ0) is 16.3. The van der Waals surface area contributed by atoms with Crippen LogP contribution in [0.15, 0.2) is 18.2 Å². The van der Waals surface area contributed by atoms with Crippen LogP contribution < -0.4 is 11.1 Å².